The molecule has 0 spiro atoms. The highest BCUT2D eigenvalue weighted by Crippen LogP contribution is 1.81. The maximum absolute atomic E-state index is 2.17. The molecule has 120 valence electrons. The molecule has 18 heavy (non-hydrogen) atoms. The summed E-state index contributed by atoms with van der Waals surface area (Å²) >= 11 is 0. The van der Waals surface area contributed by atoms with Crippen molar-refractivity contribution in [3.63, 3.8) is 0 Å². The Morgan fingerprint density at radius 3 is 0.278 bits per heavy atom. The van der Waals surface area contributed by atoms with Crippen LogP contribution in [0, 0.1) is 17.8 Å². The molecule has 0 saturated carbocycles. The molecule has 0 aromatic heterocycles. The summed E-state index contributed by atoms with van der Waals surface area (Å²) in [4.78, 5) is 0. The topological polar surface area (TPSA) is 0 Å². The predicted octanol–water partition coefficient (Wildman–Crippen LogP) is 8.07. The Morgan fingerprint density at radius 1 is 0.278 bits per heavy atom. The zero-order valence-corrected chi connectivity index (χ0v) is 16.7. The van der Waals surface area contributed by atoms with Gasteiger partial charge in [0.1, 0.15) is 0 Å². The van der Waals surface area contributed by atoms with Crippen LogP contribution in [0.5, 0.6) is 0 Å². The highest BCUT2D eigenvalue weighted by atomic mass is 13.8. The van der Waals surface area contributed by atoms with Gasteiger partial charge in [-0.2, -0.15) is 0 Å². The fourth-order valence-corrected chi connectivity index (χ4v) is 0. The van der Waals surface area contributed by atoms with Crippen LogP contribution in [0.4, 0.5) is 0 Å². The summed E-state index contributed by atoms with van der Waals surface area (Å²) in [7, 11) is 0. The molecule has 0 heteroatoms. The number of hydrogen-bond acceptors (Lipinski definition) is 0. The van der Waals surface area contributed by atoms with Gasteiger partial charge in [-0.05, 0) is 17.8 Å². The van der Waals surface area contributed by atoms with E-state index in [-0.39, 0.29) is 0 Å². The molecule has 0 aliphatic heterocycles. The Bertz CT molecular complexity index is 28.5. The minimum absolute atomic E-state index is 0.833. The van der Waals surface area contributed by atoms with Gasteiger partial charge in [0, 0.05) is 0 Å². The Labute approximate surface area is 122 Å². The molecular formula is C18H48. The van der Waals surface area contributed by atoms with Gasteiger partial charge in [-0.3, -0.25) is 0 Å². The third-order valence-corrected chi connectivity index (χ3v) is 0. The first-order valence-corrected chi connectivity index (χ1v) is 8.20. The van der Waals surface area contributed by atoms with Gasteiger partial charge in [-0.15, -0.1) is 0 Å². The number of rotatable bonds is 0. The quantitative estimate of drug-likeness (QED) is 0.415. The number of hydrogen-bond donors (Lipinski definition) is 0. The van der Waals surface area contributed by atoms with Gasteiger partial charge >= 0.3 is 0 Å². The second-order valence-electron chi connectivity index (χ2n) is 5.20. The maximum atomic E-state index is 2.17. The summed E-state index contributed by atoms with van der Waals surface area (Å²) in [5.41, 5.74) is 0. The van der Waals surface area contributed by atoms with E-state index in [2.05, 4.69) is 62.3 Å². The van der Waals surface area contributed by atoms with Gasteiger partial charge in [0.2, 0.25) is 0 Å². The normalized spacial score (nSPS) is 7.00. The van der Waals surface area contributed by atoms with E-state index in [9.17, 15) is 0 Å². The van der Waals surface area contributed by atoms with Crippen LogP contribution in [0.25, 0.3) is 0 Å². The molecule has 0 aromatic carbocycles. The lowest BCUT2D eigenvalue weighted by atomic mass is 10.3. The van der Waals surface area contributed by atoms with Crippen LogP contribution < -0.4 is 0 Å². The lowest BCUT2D eigenvalue weighted by Crippen LogP contribution is -1.66. The van der Waals surface area contributed by atoms with Crippen LogP contribution in [0.2, 0.25) is 0 Å². The second kappa shape index (κ2) is 53.7. The highest BCUT2D eigenvalue weighted by molar-refractivity contribution is 4.21. The lowest BCUT2D eigenvalue weighted by Gasteiger charge is -1.79. The molecular weight excluding hydrogens is 216 g/mol. The minimum Gasteiger partial charge on any atom is -0.0683 e. The first-order chi connectivity index (χ1) is 8.20. The van der Waals surface area contributed by atoms with Gasteiger partial charge in [-0.25, -0.2) is 0 Å². The molecule has 0 amide bonds. The third-order valence-electron chi connectivity index (χ3n) is 0. The van der Waals surface area contributed by atoms with Crippen LogP contribution in [0.1, 0.15) is 104 Å². The van der Waals surface area contributed by atoms with Crippen LogP contribution in [-0.4, -0.2) is 0 Å². The molecule has 0 aliphatic rings. The summed E-state index contributed by atoms with van der Waals surface area (Å²) in [5, 5.41) is 0. The van der Waals surface area contributed by atoms with Crippen molar-refractivity contribution in [1.82, 2.24) is 0 Å². The minimum atomic E-state index is 0.833. The van der Waals surface area contributed by atoms with E-state index in [1.807, 2.05) is 41.5 Å². The van der Waals surface area contributed by atoms with Crippen molar-refractivity contribution in [3.05, 3.63) is 0 Å². The summed E-state index contributed by atoms with van der Waals surface area (Å²) in [6, 6.07) is 0. The van der Waals surface area contributed by atoms with Gasteiger partial charge < -0.3 is 0 Å². The summed E-state index contributed by atoms with van der Waals surface area (Å²) in [5.74, 6) is 2.50. The molecule has 0 radical (unpaired) electrons. The summed E-state index contributed by atoms with van der Waals surface area (Å²) in [6.45, 7) is 31.5. The van der Waals surface area contributed by atoms with E-state index in [0.29, 0.717) is 0 Å². The second-order valence-corrected chi connectivity index (χ2v) is 5.20. The molecule has 0 nitrogen and oxygen atoms in total. The van der Waals surface area contributed by atoms with Crippen molar-refractivity contribution in [1.29, 1.82) is 0 Å². The van der Waals surface area contributed by atoms with Gasteiger partial charge in [0.25, 0.3) is 0 Å². The van der Waals surface area contributed by atoms with Crippen molar-refractivity contribution in [2.75, 3.05) is 0 Å². The smallest absolute Gasteiger partial charge is 0.0500 e. The maximum Gasteiger partial charge on any atom is -0.0500 e. The lowest BCUT2D eigenvalue weighted by molar-refractivity contribution is 0.736. The van der Waals surface area contributed by atoms with Gasteiger partial charge in [-0.1, -0.05) is 104 Å². The van der Waals surface area contributed by atoms with E-state index >= 15 is 0 Å². The van der Waals surface area contributed by atoms with Crippen molar-refractivity contribution >= 4 is 0 Å². The molecule has 0 aromatic rings. The van der Waals surface area contributed by atoms with Crippen LogP contribution in [0.15, 0.2) is 0 Å². The van der Waals surface area contributed by atoms with E-state index in [1.165, 1.54) is 0 Å². The van der Waals surface area contributed by atoms with E-state index < -0.39 is 0 Å². The first kappa shape index (κ1) is 36.1. The Balaban J connectivity index is -0.0000000249. The Kier molecular flexibility index (Phi) is 108. The van der Waals surface area contributed by atoms with E-state index in [1.54, 1.807) is 0 Å². The third kappa shape index (κ3) is 0. The predicted molar refractivity (Wildman–Crippen MR) is 95.6 cm³/mol. The molecule has 0 aliphatic carbocycles. The average molecular weight is 265 g/mol. The zero-order chi connectivity index (χ0) is 16.7. The van der Waals surface area contributed by atoms with Gasteiger partial charge in [0.05, 0.1) is 0 Å². The van der Waals surface area contributed by atoms with Crippen molar-refractivity contribution < 1.29 is 0 Å². The summed E-state index contributed by atoms with van der Waals surface area (Å²) < 4.78 is 0. The molecule has 0 unspecified atom stereocenters. The Morgan fingerprint density at radius 2 is 0.278 bits per heavy atom. The molecule has 0 rings (SSSR count). The van der Waals surface area contributed by atoms with Crippen molar-refractivity contribution in [3.8, 4) is 0 Å². The first-order valence-electron chi connectivity index (χ1n) is 8.20. The van der Waals surface area contributed by atoms with Crippen molar-refractivity contribution in [2.24, 2.45) is 17.8 Å². The molecule has 0 atom stereocenters. The molecule has 0 bridgehead atoms. The SMILES string of the molecule is CC.CC.CC.CC(C)C.CC(C)C.CC(C)C. The fraction of sp³-hybridized carbons (Fsp3) is 1.00. The van der Waals surface area contributed by atoms with Crippen LogP contribution in [0.3, 0.4) is 0 Å². The monoisotopic (exact) mass is 264 g/mol. The molecule has 0 saturated heterocycles. The highest BCUT2D eigenvalue weighted by Gasteiger charge is 1.68. The van der Waals surface area contributed by atoms with Crippen LogP contribution >= 0.6 is 0 Å². The van der Waals surface area contributed by atoms with E-state index in [4.69, 9.17) is 0 Å². The average Bonchev–Trinajstić information content (AvgIpc) is 2.23. The largest absolute Gasteiger partial charge is 0.0683 e. The van der Waals surface area contributed by atoms with Crippen molar-refractivity contribution in [2.45, 2.75) is 104 Å². The Hall–Kier alpha value is 0. The molecule has 0 N–H and O–H groups in total. The molecule has 0 heterocycles. The van der Waals surface area contributed by atoms with Crippen LogP contribution in [-0.2, 0) is 0 Å². The van der Waals surface area contributed by atoms with E-state index in [0.717, 1.165) is 17.8 Å². The standard InChI is InChI=1S/3C4H10.3C2H6/c3*1-4(2)3;3*1-2/h3*4H,1-3H3;3*1-2H3. The molecule has 0 fully saturated rings. The fourth-order valence-electron chi connectivity index (χ4n) is 0. The van der Waals surface area contributed by atoms with Gasteiger partial charge in [0.15, 0.2) is 0 Å². The summed E-state index contributed by atoms with van der Waals surface area (Å²) in [6.07, 6.45) is 0. The zero-order valence-electron chi connectivity index (χ0n) is 16.7.